The van der Waals surface area contributed by atoms with Crippen molar-refractivity contribution in [1.29, 1.82) is 5.41 Å². The topological polar surface area (TPSA) is 49.9 Å². The number of rotatable bonds is 2. The van der Waals surface area contributed by atoms with Gasteiger partial charge in [-0.15, -0.1) is 11.3 Å². The van der Waals surface area contributed by atoms with Gasteiger partial charge in [0.2, 0.25) is 0 Å². The van der Waals surface area contributed by atoms with Crippen molar-refractivity contribution in [2.24, 2.45) is 5.73 Å². The molecule has 0 aliphatic rings. The molecule has 0 bridgehead atoms. The quantitative estimate of drug-likeness (QED) is 0.596. The van der Waals surface area contributed by atoms with Crippen LogP contribution in [0.15, 0.2) is 11.4 Å². The second-order valence-corrected chi connectivity index (χ2v) is 2.69. The molecule has 0 aliphatic carbocycles. The summed E-state index contributed by atoms with van der Waals surface area (Å²) in [5.41, 5.74) is 6.30. The molecule has 9 heavy (non-hydrogen) atoms. The third-order valence-electron chi connectivity index (χ3n) is 1.04. The van der Waals surface area contributed by atoms with Gasteiger partial charge in [0, 0.05) is 23.2 Å². The van der Waals surface area contributed by atoms with E-state index in [1.54, 1.807) is 11.3 Å². The second kappa shape index (κ2) is 2.75. The van der Waals surface area contributed by atoms with E-state index in [1.165, 1.54) is 6.21 Å². The summed E-state index contributed by atoms with van der Waals surface area (Å²) in [4.78, 5) is 1.13. The highest BCUT2D eigenvalue weighted by molar-refractivity contribution is 7.10. The minimum atomic E-state index is 0.582. The zero-order valence-corrected chi connectivity index (χ0v) is 5.74. The average molecular weight is 140 g/mol. The minimum absolute atomic E-state index is 0.582. The van der Waals surface area contributed by atoms with E-state index < -0.39 is 0 Å². The second-order valence-electron chi connectivity index (χ2n) is 1.69. The van der Waals surface area contributed by atoms with Crippen LogP contribution in [-0.4, -0.2) is 6.21 Å². The maximum atomic E-state index is 6.87. The Balaban J connectivity index is 2.86. The molecule has 0 fully saturated rings. The molecule has 0 atom stereocenters. The smallest absolute Gasteiger partial charge is 0.0274 e. The summed E-state index contributed by atoms with van der Waals surface area (Å²) in [6.45, 7) is 0.582. The highest BCUT2D eigenvalue weighted by Gasteiger charge is 1.92. The Kier molecular flexibility index (Phi) is 1.97. The molecule has 0 aromatic carbocycles. The van der Waals surface area contributed by atoms with Crippen LogP contribution >= 0.6 is 11.3 Å². The first-order valence-electron chi connectivity index (χ1n) is 2.65. The predicted octanol–water partition coefficient (Wildman–Crippen LogP) is 1.20. The average Bonchev–Trinajstić information content (AvgIpc) is 2.34. The Bertz CT molecular complexity index is 205. The van der Waals surface area contributed by atoms with Gasteiger partial charge >= 0.3 is 0 Å². The summed E-state index contributed by atoms with van der Waals surface area (Å²) < 4.78 is 0. The van der Waals surface area contributed by atoms with Gasteiger partial charge in [-0.3, -0.25) is 0 Å². The summed E-state index contributed by atoms with van der Waals surface area (Å²) >= 11 is 1.60. The fraction of sp³-hybridized carbons (Fsp3) is 0.167. The van der Waals surface area contributed by atoms with E-state index in [-0.39, 0.29) is 0 Å². The van der Waals surface area contributed by atoms with Crippen molar-refractivity contribution in [1.82, 2.24) is 0 Å². The maximum absolute atomic E-state index is 6.87. The molecular formula is C6H8N2S. The van der Waals surface area contributed by atoms with Gasteiger partial charge in [-0.2, -0.15) is 0 Å². The van der Waals surface area contributed by atoms with E-state index in [4.69, 9.17) is 11.1 Å². The molecule has 0 radical (unpaired) electrons. The zero-order valence-electron chi connectivity index (χ0n) is 4.92. The molecule has 1 rings (SSSR count). The van der Waals surface area contributed by atoms with Gasteiger partial charge in [-0.25, -0.2) is 0 Å². The number of nitrogens with two attached hydrogens (primary N) is 1. The SMILES string of the molecule is N=Cc1csc(CN)c1. The molecule has 1 aromatic heterocycles. The molecule has 0 amide bonds. The van der Waals surface area contributed by atoms with Crippen LogP contribution in [0.5, 0.6) is 0 Å². The minimum Gasteiger partial charge on any atom is -0.326 e. The van der Waals surface area contributed by atoms with Crippen LogP contribution < -0.4 is 5.73 Å². The monoisotopic (exact) mass is 140 g/mol. The Morgan fingerprint density at radius 2 is 2.56 bits per heavy atom. The first kappa shape index (κ1) is 6.45. The molecule has 3 N–H and O–H groups in total. The van der Waals surface area contributed by atoms with E-state index >= 15 is 0 Å². The predicted molar refractivity (Wildman–Crippen MR) is 40.1 cm³/mol. The van der Waals surface area contributed by atoms with Gasteiger partial charge < -0.3 is 11.1 Å². The Labute approximate surface area is 57.8 Å². The lowest BCUT2D eigenvalue weighted by atomic mass is 10.3. The first-order valence-corrected chi connectivity index (χ1v) is 3.52. The van der Waals surface area contributed by atoms with Crippen molar-refractivity contribution in [3.8, 4) is 0 Å². The molecule has 0 saturated carbocycles. The molecule has 0 unspecified atom stereocenters. The van der Waals surface area contributed by atoms with E-state index in [0.29, 0.717) is 6.54 Å². The largest absolute Gasteiger partial charge is 0.326 e. The lowest BCUT2D eigenvalue weighted by Crippen LogP contribution is -1.91. The summed E-state index contributed by atoms with van der Waals surface area (Å²) in [5, 5.41) is 8.80. The third kappa shape index (κ3) is 1.37. The van der Waals surface area contributed by atoms with Crippen LogP contribution in [0.4, 0.5) is 0 Å². The molecule has 1 heterocycles. The van der Waals surface area contributed by atoms with E-state index in [9.17, 15) is 0 Å². The molecule has 2 nitrogen and oxygen atoms in total. The van der Waals surface area contributed by atoms with Gasteiger partial charge in [-0.1, -0.05) is 0 Å². The van der Waals surface area contributed by atoms with Crippen molar-refractivity contribution in [2.45, 2.75) is 6.54 Å². The maximum Gasteiger partial charge on any atom is 0.0274 e. The molecular weight excluding hydrogens is 132 g/mol. The summed E-state index contributed by atoms with van der Waals surface area (Å²) in [6, 6.07) is 1.93. The molecule has 0 aliphatic heterocycles. The van der Waals surface area contributed by atoms with Crippen LogP contribution in [0.2, 0.25) is 0 Å². The summed E-state index contributed by atoms with van der Waals surface area (Å²) in [5.74, 6) is 0. The highest BCUT2D eigenvalue weighted by atomic mass is 32.1. The molecule has 0 saturated heterocycles. The van der Waals surface area contributed by atoms with Gasteiger partial charge in [0.05, 0.1) is 0 Å². The molecule has 48 valence electrons. The molecule has 1 aromatic rings. The van der Waals surface area contributed by atoms with Gasteiger partial charge in [0.1, 0.15) is 0 Å². The van der Waals surface area contributed by atoms with Crippen molar-refractivity contribution in [3.63, 3.8) is 0 Å². The van der Waals surface area contributed by atoms with E-state index in [1.807, 2.05) is 11.4 Å². The van der Waals surface area contributed by atoms with Gasteiger partial charge in [-0.05, 0) is 11.4 Å². The van der Waals surface area contributed by atoms with E-state index in [2.05, 4.69) is 0 Å². The number of thiophene rings is 1. The number of nitrogens with one attached hydrogen (secondary N) is 1. The summed E-state index contributed by atoms with van der Waals surface area (Å²) in [6.07, 6.45) is 1.33. The number of hydrogen-bond acceptors (Lipinski definition) is 3. The van der Waals surface area contributed by atoms with Crippen LogP contribution in [-0.2, 0) is 6.54 Å². The summed E-state index contributed by atoms with van der Waals surface area (Å²) in [7, 11) is 0. The standard InChI is InChI=1S/C6H8N2S/c7-2-5-1-6(3-8)9-4-5/h1-2,4,7H,3,8H2. The fourth-order valence-electron chi connectivity index (χ4n) is 0.580. The van der Waals surface area contributed by atoms with Crippen molar-refractivity contribution in [3.05, 3.63) is 21.9 Å². The van der Waals surface area contributed by atoms with Crippen LogP contribution in [0.3, 0.4) is 0 Å². The molecule has 0 spiro atoms. The fourth-order valence-corrected chi connectivity index (χ4v) is 1.30. The Morgan fingerprint density at radius 3 is 2.89 bits per heavy atom. The molecule has 3 heteroatoms. The van der Waals surface area contributed by atoms with E-state index in [0.717, 1.165) is 10.4 Å². The third-order valence-corrected chi connectivity index (χ3v) is 2.02. The first-order chi connectivity index (χ1) is 4.36. The highest BCUT2D eigenvalue weighted by Crippen LogP contribution is 2.11. The van der Waals surface area contributed by atoms with Crippen molar-refractivity contribution >= 4 is 17.6 Å². The van der Waals surface area contributed by atoms with Gasteiger partial charge in [0.15, 0.2) is 0 Å². The van der Waals surface area contributed by atoms with Crippen molar-refractivity contribution in [2.75, 3.05) is 0 Å². The van der Waals surface area contributed by atoms with Crippen molar-refractivity contribution < 1.29 is 0 Å². The lowest BCUT2D eigenvalue weighted by molar-refractivity contribution is 1.11. The Morgan fingerprint density at radius 1 is 1.78 bits per heavy atom. The van der Waals surface area contributed by atoms with Crippen LogP contribution in [0.25, 0.3) is 0 Å². The van der Waals surface area contributed by atoms with Crippen LogP contribution in [0.1, 0.15) is 10.4 Å². The Hall–Kier alpha value is -0.670. The van der Waals surface area contributed by atoms with Crippen LogP contribution in [0, 0.1) is 5.41 Å². The zero-order chi connectivity index (χ0) is 6.69. The normalized spacial score (nSPS) is 9.44. The lowest BCUT2D eigenvalue weighted by Gasteiger charge is -1.81. The number of hydrogen-bond donors (Lipinski definition) is 2. The van der Waals surface area contributed by atoms with Gasteiger partial charge in [0.25, 0.3) is 0 Å².